The molecule has 0 aliphatic rings. The van der Waals surface area contributed by atoms with Gasteiger partial charge in [-0.15, -0.1) is 0 Å². The molecule has 0 radical (unpaired) electrons. The SMILES string of the molecule is CC[C@H](OC(=O)[C@@H](CC)c1ccccc1)c1ccccc1. The average Bonchev–Trinajstić information content (AvgIpc) is 2.55. The predicted molar refractivity (Wildman–Crippen MR) is 85.0 cm³/mol. The molecular weight excluding hydrogens is 260 g/mol. The van der Waals surface area contributed by atoms with Crippen LogP contribution in [0.5, 0.6) is 0 Å². The van der Waals surface area contributed by atoms with Gasteiger partial charge in [0.2, 0.25) is 0 Å². The maximum absolute atomic E-state index is 12.5. The second kappa shape index (κ2) is 7.63. The van der Waals surface area contributed by atoms with Crippen LogP contribution < -0.4 is 0 Å². The van der Waals surface area contributed by atoms with Crippen molar-refractivity contribution in [3.8, 4) is 0 Å². The standard InChI is InChI=1S/C19H22O2/c1-3-17(15-11-7-5-8-12-15)19(20)21-18(4-2)16-13-9-6-10-14-16/h5-14,17-18H,3-4H2,1-2H3/t17-,18-/m0/s1. The minimum Gasteiger partial charge on any atom is -0.457 e. The second-order valence-corrected chi connectivity index (χ2v) is 5.12. The zero-order valence-corrected chi connectivity index (χ0v) is 12.7. The van der Waals surface area contributed by atoms with Crippen molar-refractivity contribution in [3.05, 3.63) is 71.8 Å². The molecule has 0 unspecified atom stereocenters. The van der Waals surface area contributed by atoms with Crippen molar-refractivity contribution in [2.24, 2.45) is 0 Å². The molecule has 21 heavy (non-hydrogen) atoms. The van der Waals surface area contributed by atoms with E-state index in [1.807, 2.05) is 74.5 Å². The zero-order valence-electron chi connectivity index (χ0n) is 12.7. The van der Waals surface area contributed by atoms with E-state index >= 15 is 0 Å². The summed E-state index contributed by atoms with van der Waals surface area (Å²) in [7, 11) is 0. The molecule has 2 nitrogen and oxygen atoms in total. The van der Waals surface area contributed by atoms with Crippen LogP contribution in [0.1, 0.15) is 49.8 Å². The third-order valence-corrected chi connectivity index (χ3v) is 3.70. The molecular formula is C19H22O2. The molecule has 2 aromatic rings. The van der Waals surface area contributed by atoms with Crippen molar-refractivity contribution in [2.45, 2.75) is 38.7 Å². The number of hydrogen-bond acceptors (Lipinski definition) is 2. The Kier molecular flexibility index (Phi) is 5.56. The van der Waals surface area contributed by atoms with Gasteiger partial charge >= 0.3 is 5.97 Å². The second-order valence-electron chi connectivity index (χ2n) is 5.12. The topological polar surface area (TPSA) is 26.3 Å². The molecule has 2 aromatic carbocycles. The predicted octanol–water partition coefficient (Wildman–Crippen LogP) is 4.87. The maximum atomic E-state index is 12.5. The van der Waals surface area contributed by atoms with Crippen LogP contribution in [0.25, 0.3) is 0 Å². The molecule has 0 N–H and O–H groups in total. The third-order valence-electron chi connectivity index (χ3n) is 3.70. The van der Waals surface area contributed by atoms with E-state index in [1.54, 1.807) is 0 Å². The molecule has 0 fully saturated rings. The van der Waals surface area contributed by atoms with E-state index in [-0.39, 0.29) is 18.0 Å². The molecule has 2 atom stereocenters. The van der Waals surface area contributed by atoms with Gasteiger partial charge in [-0.05, 0) is 24.0 Å². The van der Waals surface area contributed by atoms with E-state index in [9.17, 15) is 4.79 Å². The summed E-state index contributed by atoms with van der Waals surface area (Å²) in [6.45, 7) is 4.05. The van der Waals surface area contributed by atoms with E-state index in [0.29, 0.717) is 0 Å². The van der Waals surface area contributed by atoms with Crippen LogP contribution in [0, 0.1) is 0 Å². The number of carbonyl (C=O) groups excluding carboxylic acids is 1. The monoisotopic (exact) mass is 282 g/mol. The highest BCUT2D eigenvalue weighted by Gasteiger charge is 2.23. The lowest BCUT2D eigenvalue weighted by atomic mass is 9.96. The lowest BCUT2D eigenvalue weighted by Crippen LogP contribution is -2.18. The first-order chi connectivity index (χ1) is 10.3. The summed E-state index contributed by atoms with van der Waals surface area (Å²) in [5.41, 5.74) is 2.07. The van der Waals surface area contributed by atoms with Crippen LogP contribution in [0.2, 0.25) is 0 Å². The lowest BCUT2D eigenvalue weighted by molar-refractivity contribution is -0.151. The molecule has 2 rings (SSSR count). The molecule has 0 aromatic heterocycles. The first kappa shape index (κ1) is 15.3. The fourth-order valence-corrected chi connectivity index (χ4v) is 2.50. The molecule has 0 saturated heterocycles. The minimum absolute atomic E-state index is 0.139. The average molecular weight is 282 g/mol. The van der Waals surface area contributed by atoms with E-state index < -0.39 is 0 Å². The van der Waals surface area contributed by atoms with Gasteiger partial charge in [-0.2, -0.15) is 0 Å². The summed E-state index contributed by atoms with van der Waals surface area (Å²) in [6, 6.07) is 19.8. The fraction of sp³-hybridized carbons (Fsp3) is 0.316. The Balaban J connectivity index is 2.11. The number of ether oxygens (including phenoxy) is 1. The minimum atomic E-state index is -0.191. The Morgan fingerprint density at radius 2 is 1.38 bits per heavy atom. The number of esters is 1. The Labute approximate surface area is 126 Å². The Bertz CT molecular complexity index is 548. The van der Waals surface area contributed by atoms with Crippen molar-refractivity contribution in [3.63, 3.8) is 0 Å². The summed E-state index contributed by atoms with van der Waals surface area (Å²) in [5, 5.41) is 0. The van der Waals surface area contributed by atoms with Crippen LogP contribution in [-0.4, -0.2) is 5.97 Å². The summed E-state index contributed by atoms with van der Waals surface area (Å²) >= 11 is 0. The van der Waals surface area contributed by atoms with E-state index in [4.69, 9.17) is 4.74 Å². The van der Waals surface area contributed by atoms with Gasteiger partial charge in [0.05, 0.1) is 5.92 Å². The van der Waals surface area contributed by atoms with Gasteiger partial charge in [-0.1, -0.05) is 74.5 Å². The Morgan fingerprint density at radius 1 is 0.857 bits per heavy atom. The number of benzene rings is 2. The Hall–Kier alpha value is -2.09. The van der Waals surface area contributed by atoms with Crippen LogP contribution in [0.15, 0.2) is 60.7 Å². The van der Waals surface area contributed by atoms with Gasteiger partial charge in [0.15, 0.2) is 0 Å². The van der Waals surface area contributed by atoms with Gasteiger partial charge < -0.3 is 4.74 Å². The van der Waals surface area contributed by atoms with E-state index in [1.165, 1.54) is 0 Å². The van der Waals surface area contributed by atoms with Crippen molar-refractivity contribution in [1.29, 1.82) is 0 Å². The molecule has 0 bridgehead atoms. The quantitative estimate of drug-likeness (QED) is 0.706. The van der Waals surface area contributed by atoms with Gasteiger partial charge in [-0.25, -0.2) is 0 Å². The van der Waals surface area contributed by atoms with Gasteiger partial charge in [-0.3, -0.25) is 4.79 Å². The number of hydrogen-bond donors (Lipinski definition) is 0. The number of carbonyl (C=O) groups is 1. The largest absolute Gasteiger partial charge is 0.457 e. The third kappa shape index (κ3) is 3.94. The smallest absolute Gasteiger partial charge is 0.314 e. The molecule has 0 aliphatic heterocycles. The van der Waals surface area contributed by atoms with Crippen LogP contribution >= 0.6 is 0 Å². The molecule has 110 valence electrons. The van der Waals surface area contributed by atoms with Crippen molar-refractivity contribution in [1.82, 2.24) is 0 Å². The highest BCUT2D eigenvalue weighted by Crippen LogP contribution is 2.27. The highest BCUT2D eigenvalue weighted by atomic mass is 16.5. The van der Waals surface area contributed by atoms with Crippen molar-refractivity contribution < 1.29 is 9.53 Å². The normalized spacial score (nSPS) is 13.4. The van der Waals surface area contributed by atoms with Gasteiger partial charge in [0.25, 0.3) is 0 Å². The summed E-state index contributed by atoms with van der Waals surface area (Å²) in [6.07, 6.45) is 1.35. The molecule has 0 spiro atoms. The van der Waals surface area contributed by atoms with Crippen LogP contribution in [0.3, 0.4) is 0 Å². The zero-order chi connectivity index (χ0) is 15.1. The van der Waals surface area contributed by atoms with Gasteiger partial charge in [0.1, 0.15) is 6.10 Å². The summed E-state index contributed by atoms with van der Waals surface area (Å²) < 4.78 is 5.75. The lowest BCUT2D eigenvalue weighted by Gasteiger charge is -2.21. The van der Waals surface area contributed by atoms with Crippen LogP contribution in [0.4, 0.5) is 0 Å². The molecule has 0 saturated carbocycles. The molecule has 2 heteroatoms. The number of rotatable bonds is 6. The Morgan fingerprint density at radius 3 is 1.86 bits per heavy atom. The first-order valence-corrected chi connectivity index (χ1v) is 7.56. The maximum Gasteiger partial charge on any atom is 0.314 e. The summed E-state index contributed by atoms with van der Waals surface area (Å²) in [4.78, 5) is 12.5. The van der Waals surface area contributed by atoms with E-state index in [0.717, 1.165) is 24.0 Å². The first-order valence-electron chi connectivity index (χ1n) is 7.56. The molecule has 0 aliphatic carbocycles. The highest BCUT2D eigenvalue weighted by molar-refractivity contribution is 5.78. The molecule has 0 heterocycles. The van der Waals surface area contributed by atoms with Gasteiger partial charge in [0, 0.05) is 0 Å². The molecule has 0 amide bonds. The summed E-state index contributed by atoms with van der Waals surface area (Å²) in [5.74, 6) is -0.330. The van der Waals surface area contributed by atoms with Crippen molar-refractivity contribution in [2.75, 3.05) is 0 Å². The van der Waals surface area contributed by atoms with Crippen molar-refractivity contribution >= 4 is 5.97 Å². The van der Waals surface area contributed by atoms with E-state index in [2.05, 4.69) is 0 Å². The fourth-order valence-electron chi connectivity index (χ4n) is 2.50. The van der Waals surface area contributed by atoms with Crippen LogP contribution in [-0.2, 0) is 9.53 Å².